The second kappa shape index (κ2) is 12.1. The maximum Gasteiger partial charge on any atom is 0.309 e. The lowest BCUT2D eigenvalue weighted by atomic mass is 10.1. The smallest absolute Gasteiger partial charge is 0.309 e. The second-order valence-corrected chi connectivity index (χ2v) is 8.51. The Kier molecular flexibility index (Phi) is 8.46. The van der Waals surface area contributed by atoms with Gasteiger partial charge in [-0.05, 0) is 42.0 Å². The number of para-hydroxylation sites is 1. The van der Waals surface area contributed by atoms with Gasteiger partial charge in [0.15, 0.2) is 0 Å². The first-order valence-corrected chi connectivity index (χ1v) is 11.9. The molecule has 2 N–H and O–H groups in total. The molecule has 8 nitrogen and oxygen atoms in total. The average Bonchev–Trinajstić information content (AvgIpc) is 2.93. The van der Waals surface area contributed by atoms with Crippen molar-refractivity contribution in [2.45, 2.75) is 12.6 Å². The normalized spacial score (nSPS) is 14.7. The summed E-state index contributed by atoms with van der Waals surface area (Å²) in [6.07, 6.45) is 3.49. The van der Waals surface area contributed by atoms with E-state index in [0.717, 1.165) is 43.0 Å². The van der Waals surface area contributed by atoms with Gasteiger partial charge in [-0.25, -0.2) is 4.39 Å². The van der Waals surface area contributed by atoms with Crippen molar-refractivity contribution in [3.8, 4) is 5.75 Å². The van der Waals surface area contributed by atoms with Crippen molar-refractivity contribution in [3.05, 3.63) is 90.0 Å². The predicted octanol–water partition coefficient (Wildman–Crippen LogP) is 2.53. The lowest BCUT2D eigenvalue weighted by Gasteiger charge is -2.40. The minimum absolute atomic E-state index is 0.139. The summed E-state index contributed by atoms with van der Waals surface area (Å²) >= 11 is 0. The van der Waals surface area contributed by atoms with E-state index in [4.69, 9.17) is 4.74 Å². The Morgan fingerprint density at radius 2 is 1.69 bits per heavy atom. The summed E-state index contributed by atoms with van der Waals surface area (Å²) in [4.78, 5) is 33.7. The summed E-state index contributed by atoms with van der Waals surface area (Å²) in [6.45, 7) is 3.46. The Hall–Kier alpha value is -3.98. The van der Waals surface area contributed by atoms with E-state index in [2.05, 4.69) is 25.4 Å². The molecule has 36 heavy (non-hydrogen) atoms. The Labute approximate surface area is 210 Å². The van der Waals surface area contributed by atoms with Crippen LogP contribution in [0, 0.1) is 5.82 Å². The van der Waals surface area contributed by atoms with Gasteiger partial charge in [0.2, 0.25) is 0 Å². The number of carbonyl (C=O) groups excluding carboxylic acids is 2. The van der Waals surface area contributed by atoms with E-state index in [0.29, 0.717) is 5.75 Å². The molecular weight excluding hydrogens is 461 g/mol. The third kappa shape index (κ3) is 6.37. The number of carbonyl (C=O) groups is 2. The van der Waals surface area contributed by atoms with Crippen molar-refractivity contribution >= 4 is 17.5 Å². The number of hydrogen-bond acceptors (Lipinski definition) is 6. The van der Waals surface area contributed by atoms with E-state index in [-0.39, 0.29) is 24.9 Å². The van der Waals surface area contributed by atoms with Crippen molar-refractivity contribution in [2.24, 2.45) is 0 Å². The summed E-state index contributed by atoms with van der Waals surface area (Å²) in [6, 6.07) is 17.5. The average molecular weight is 492 g/mol. The first-order chi connectivity index (χ1) is 17.5. The monoisotopic (exact) mass is 491 g/mol. The third-order valence-electron chi connectivity index (χ3n) is 6.31. The summed E-state index contributed by atoms with van der Waals surface area (Å²) in [5.74, 6) is -0.998. The van der Waals surface area contributed by atoms with Gasteiger partial charge in [-0.2, -0.15) is 0 Å². The zero-order valence-corrected chi connectivity index (χ0v) is 20.2. The lowest BCUT2D eigenvalue weighted by molar-refractivity contribution is -0.139. The highest BCUT2D eigenvalue weighted by molar-refractivity contribution is 6.35. The van der Waals surface area contributed by atoms with Crippen LogP contribution in [0.15, 0.2) is 73.1 Å². The number of halogens is 1. The second-order valence-electron chi connectivity index (χ2n) is 8.51. The van der Waals surface area contributed by atoms with E-state index >= 15 is 0 Å². The molecule has 2 aromatic carbocycles. The molecule has 1 aliphatic rings. The summed E-state index contributed by atoms with van der Waals surface area (Å²) in [7, 11) is 1.56. The maximum atomic E-state index is 13.3. The zero-order chi connectivity index (χ0) is 25.3. The number of rotatable bonds is 8. The van der Waals surface area contributed by atoms with Crippen LogP contribution in [0.1, 0.15) is 17.2 Å². The van der Waals surface area contributed by atoms with E-state index < -0.39 is 11.8 Å². The van der Waals surface area contributed by atoms with Crippen molar-refractivity contribution < 1.29 is 18.7 Å². The van der Waals surface area contributed by atoms with Gasteiger partial charge in [0.25, 0.3) is 0 Å². The number of aromatic nitrogens is 1. The molecule has 0 bridgehead atoms. The number of hydrogen-bond donors (Lipinski definition) is 2. The maximum absolute atomic E-state index is 13.3. The van der Waals surface area contributed by atoms with Gasteiger partial charge in [-0.1, -0.05) is 24.3 Å². The molecule has 3 aromatic rings. The Morgan fingerprint density at radius 1 is 0.972 bits per heavy atom. The van der Waals surface area contributed by atoms with Crippen LogP contribution in [-0.4, -0.2) is 61.5 Å². The molecule has 2 heterocycles. The number of methoxy groups -OCH3 is 1. The quantitative estimate of drug-likeness (QED) is 0.471. The highest BCUT2D eigenvalue weighted by Gasteiger charge is 2.27. The number of piperazine rings is 1. The molecule has 188 valence electrons. The fraction of sp³-hybridized carbons (Fsp3) is 0.296. The van der Waals surface area contributed by atoms with Crippen LogP contribution in [0.25, 0.3) is 0 Å². The molecule has 1 atom stereocenters. The van der Waals surface area contributed by atoms with Gasteiger partial charge < -0.3 is 20.3 Å². The van der Waals surface area contributed by atoms with Crippen LogP contribution in [0.3, 0.4) is 0 Å². The Morgan fingerprint density at radius 3 is 2.39 bits per heavy atom. The van der Waals surface area contributed by atoms with Crippen LogP contribution in [0.5, 0.6) is 5.75 Å². The largest absolute Gasteiger partial charge is 0.496 e. The molecular formula is C27H30FN5O3. The summed E-state index contributed by atoms with van der Waals surface area (Å²) in [5.41, 5.74) is 2.73. The van der Waals surface area contributed by atoms with Gasteiger partial charge in [-0.15, -0.1) is 0 Å². The van der Waals surface area contributed by atoms with Gasteiger partial charge in [-0.3, -0.25) is 19.5 Å². The van der Waals surface area contributed by atoms with Gasteiger partial charge in [0, 0.05) is 62.9 Å². The molecule has 4 rings (SSSR count). The number of nitrogens with zero attached hydrogens (tertiary/aromatic N) is 3. The number of amides is 2. The first-order valence-electron chi connectivity index (χ1n) is 11.9. The van der Waals surface area contributed by atoms with Crippen molar-refractivity contribution in [2.75, 3.05) is 44.7 Å². The number of ether oxygens (including phenoxy) is 1. The van der Waals surface area contributed by atoms with Gasteiger partial charge >= 0.3 is 11.8 Å². The topological polar surface area (TPSA) is 86.8 Å². The molecule has 0 unspecified atom stereocenters. The molecule has 9 heteroatoms. The van der Waals surface area contributed by atoms with Crippen LogP contribution < -0.4 is 20.3 Å². The van der Waals surface area contributed by atoms with Crippen molar-refractivity contribution in [1.29, 1.82) is 0 Å². The van der Waals surface area contributed by atoms with E-state index in [1.807, 2.05) is 30.3 Å². The number of pyridine rings is 1. The molecule has 1 aromatic heterocycles. The molecule has 0 aliphatic carbocycles. The molecule has 1 fully saturated rings. The van der Waals surface area contributed by atoms with Crippen LogP contribution in [-0.2, 0) is 16.1 Å². The number of nitrogens with one attached hydrogen (secondary N) is 2. The Bertz CT molecular complexity index is 1150. The lowest BCUT2D eigenvalue weighted by Crippen LogP contribution is -2.50. The minimum Gasteiger partial charge on any atom is -0.496 e. The van der Waals surface area contributed by atoms with Crippen LogP contribution in [0.2, 0.25) is 0 Å². The molecule has 0 spiro atoms. The molecule has 1 saturated heterocycles. The standard InChI is InChI=1S/C27H30FN5O3/c1-36-25-7-3-2-5-21(25)18-30-26(34)27(35)31-19-24(20-6-4-12-29-17-20)33-15-13-32(14-16-33)23-10-8-22(28)9-11-23/h2-12,17,24H,13-16,18-19H2,1H3,(H,30,34)(H,31,35)/t24-/m1/s1. The SMILES string of the molecule is COc1ccccc1CNC(=O)C(=O)NC[C@H](c1cccnc1)N1CCN(c2ccc(F)cc2)CC1. The fourth-order valence-electron chi connectivity index (χ4n) is 4.35. The first kappa shape index (κ1) is 25.1. The minimum atomic E-state index is -0.702. The summed E-state index contributed by atoms with van der Waals surface area (Å²) < 4.78 is 18.6. The van der Waals surface area contributed by atoms with E-state index in [1.165, 1.54) is 12.1 Å². The van der Waals surface area contributed by atoms with Crippen molar-refractivity contribution in [1.82, 2.24) is 20.5 Å². The highest BCUT2D eigenvalue weighted by Crippen LogP contribution is 2.24. The summed E-state index contributed by atoms with van der Waals surface area (Å²) in [5, 5.41) is 5.44. The fourth-order valence-corrected chi connectivity index (χ4v) is 4.35. The van der Waals surface area contributed by atoms with E-state index in [1.54, 1.807) is 37.7 Å². The van der Waals surface area contributed by atoms with Gasteiger partial charge in [0.05, 0.1) is 13.2 Å². The molecule has 0 saturated carbocycles. The molecule has 1 aliphatic heterocycles. The zero-order valence-electron chi connectivity index (χ0n) is 20.2. The molecule has 0 radical (unpaired) electrons. The van der Waals surface area contributed by atoms with Gasteiger partial charge in [0.1, 0.15) is 11.6 Å². The highest BCUT2D eigenvalue weighted by atomic mass is 19.1. The number of anilines is 1. The predicted molar refractivity (Wildman–Crippen MR) is 135 cm³/mol. The number of benzene rings is 2. The molecule has 2 amide bonds. The van der Waals surface area contributed by atoms with Crippen LogP contribution >= 0.6 is 0 Å². The Balaban J connectivity index is 1.35. The third-order valence-corrected chi connectivity index (χ3v) is 6.31. The van der Waals surface area contributed by atoms with Crippen LogP contribution in [0.4, 0.5) is 10.1 Å². The van der Waals surface area contributed by atoms with E-state index in [9.17, 15) is 14.0 Å². The van der Waals surface area contributed by atoms with Crippen molar-refractivity contribution in [3.63, 3.8) is 0 Å².